The fourth-order valence-corrected chi connectivity index (χ4v) is 1.35. The summed E-state index contributed by atoms with van der Waals surface area (Å²) in [6, 6.07) is 0. The average molecular weight is 152 g/mol. The molecule has 1 aliphatic rings. The lowest BCUT2D eigenvalue weighted by Crippen LogP contribution is -1.99. The Balaban J connectivity index is 2.35. The van der Waals surface area contributed by atoms with Crippen LogP contribution in [0, 0.1) is 6.92 Å². The van der Waals surface area contributed by atoms with Crippen LogP contribution in [0.2, 0.25) is 0 Å². The van der Waals surface area contributed by atoms with E-state index in [2.05, 4.69) is 5.10 Å². The van der Waals surface area contributed by atoms with E-state index in [9.17, 15) is 0 Å². The minimum atomic E-state index is 0.840. The Morgan fingerprint density at radius 2 is 2.45 bits per heavy atom. The van der Waals surface area contributed by atoms with Crippen LogP contribution in [0.15, 0.2) is 6.20 Å². The van der Waals surface area contributed by atoms with E-state index in [-0.39, 0.29) is 0 Å². The normalized spacial score (nSPS) is 16.8. The van der Waals surface area contributed by atoms with Gasteiger partial charge in [0, 0.05) is 12.1 Å². The van der Waals surface area contributed by atoms with Crippen LogP contribution < -0.4 is 4.74 Å². The summed E-state index contributed by atoms with van der Waals surface area (Å²) in [5.41, 5.74) is 1.15. The largest absolute Gasteiger partial charge is 0.478 e. The van der Waals surface area contributed by atoms with Gasteiger partial charge in [-0.05, 0) is 19.8 Å². The van der Waals surface area contributed by atoms with Gasteiger partial charge in [-0.3, -0.25) is 0 Å². The van der Waals surface area contributed by atoms with Crippen LogP contribution in [0.3, 0.4) is 0 Å². The van der Waals surface area contributed by atoms with E-state index in [0.717, 1.165) is 31.0 Å². The molecular weight excluding hydrogens is 140 g/mol. The van der Waals surface area contributed by atoms with Crippen LogP contribution in [-0.2, 0) is 6.54 Å². The maximum atomic E-state index is 5.52. The zero-order valence-electron chi connectivity index (χ0n) is 6.71. The predicted molar refractivity (Wildman–Crippen MR) is 41.7 cm³/mol. The highest BCUT2D eigenvalue weighted by molar-refractivity contribution is 5.22. The minimum absolute atomic E-state index is 0.840. The van der Waals surface area contributed by atoms with Gasteiger partial charge in [0.05, 0.1) is 12.8 Å². The molecule has 0 saturated heterocycles. The molecule has 0 bridgehead atoms. The Morgan fingerprint density at radius 3 is 3.36 bits per heavy atom. The van der Waals surface area contributed by atoms with E-state index in [1.54, 1.807) is 0 Å². The van der Waals surface area contributed by atoms with Crippen molar-refractivity contribution in [1.82, 2.24) is 9.78 Å². The third kappa shape index (κ3) is 1.11. The summed E-state index contributed by atoms with van der Waals surface area (Å²) in [6.45, 7) is 3.87. The molecule has 0 aliphatic carbocycles. The molecule has 0 amide bonds. The van der Waals surface area contributed by atoms with Gasteiger partial charge in [0.25, 0.3) is 0 Å². The molecule has 0 unspecified atom stereocenters. The third-order valence-electron chi connectivity index (χ3n) is 1.97. The molecule has 3 nitrogen and oxygen atoms in total. The fourth-order valence-electron chi connectivity index (χ4n) is 1.35. The Morgan fingerprint density at radius 1 is 1.55 bits per heavy atom. The van der Waals surface area contributed by atoms with Crippen molar-refractivity contribution in [2.24, 2.45) is 0 Å². The molecule has 0 atom stereocenters. The number of ether oxygens (including phenoxy) is 1. The lowest BCUT2D eigenvalue weighted by Gasteiger charge is -2.02. The summed E-state index contributed by atoms with van der Waals surface area (Å²) in [7, 11) is 0. The second kappa shape index (κ2) is 2.57. The summed E-state index contributed by atoms with van der Waals surface area (Å²) < 4.78 is 7.47. The smallest absolute Gasteiger partial charge is 0.214 e. The maximum Gasteiger partial charge on any atom is 0.214 e. The summed E-state index contributed by atoms with van der Waals surface area (Å²) in [4.78, 5) is 0. The highest BCUT2D eigenvalue weighted by Crippen LogP contribution is 2.20. The molecule has 3 heteroatoms. The Labute approximate surface area is 66.0 Å². The topological polar surface area (TPSA) is 27.1 Å². The first-order chi connectivity index (χ1) is 5.38. The molecule has 60 valence electrons. The second-order valence-electron chi connectivity index (χ2n) is 2.91. The zero-order chi connectivity index (χ0) is 7.68. The standard InChI is InChI=1S/C8H12N2O/c1-7-6-9-10-4-2-3-5-11-8(7)10/h6H,2-5H2,1H3. The van der Waals surface area contributed by atoms with Gasteiger partial charge >= 0.3 is 0 Å². The van der Waals surface area contributed by atoms with Crippen molar-refractivity contribution in [1.29, 1.82) is 0 Å². The fraction of sp³-hybridized carbons (Fsp3) is 0.625. The molecule has 0 fully saturated rings. The van der Waals surface area contributed by atoms with Crippen molar-refractivity contribution >= 4 is 0 Å². The van der Waals surface area contributed by atoms with Gasteiger partial charge in [-0.2, -0.15) is 5.10 Å². The van der Waals surface area contributed by atoms with Gasteiger partial charge in [-0.1, -0.05) is 0 Å². The third-order valence-corrected chi connectivity index (χ3v) is 1.97. The summed E-state index contributed by atoms with van der Waals surface area (Å²) in [6.07, 6.45) is 4.18. The maximum absolute atomic E-state index is 5.52. The zero-order valence-corrected chi connectivity index (χ0v) is 6.71. The van der Waals surface area contributed by atoms with Gasteiger partial charge < -0.3 is 4.74 Å². The number of aromatic nitrogens is 2. The van der Waals surface area contributed by atoms with Gasteiger partial charge in [0.1, 0.15) is 0 Å². The van der Waals surface area contributed by atoms with Gasteiger partial charge in [-0.15, -0.1) is 0 Å². The van der Waals surface area contributed by atoms with E-state index in [1.807, 2.05) is 17.8 Å². The van der Waals surface area contributed by atoms with Crippen LogP contribution >= 0.6 is 0 Å². The monoisotopic (exact) mass is 152 g/mol. The van der Waals surface area contributed by atoms with Crippen molar-refractivity contribution in [2.75, 3.05) is 6.61 Å². The van der Waals surface area contributed by atoms with Crippen molar-refractivity contribution in [3.05, 3.63) is 11.8 Å². The van der Waals surface area contributed by atoms with E-state index >= 15 is 0 Å². The highest BCUT2D eigenvalue weighted by atomic mass is 16.5. The van der Waals surface area contributed by atoms with Crippen molar-refractivity contribution < 1.29 is 4.74 Å². The Bertz CT molecular complexity index is 255. The number of nitrogens with zero attached hydrogens (tertiary/aromatic N) is 2. The highest BCUT2D eigenvalue weighted by Gasteiger charge is 2.10. The first kappa shape index (κ1) is 6.70. The number of aryl methyl sites for hydroxylation is 2. The Kier molecular flexibility index (Phi) is 1.56. The Hall–Kier alpha value is -0.990. The number of rotatable bonds is 0. The molecule has 0 N–H and O–H groups in total. The molecule has 11 heavy (non-hydrogen) atoms. The lowest BCUT2D eigenvalue weighted by molar-refractivity contribution is 0.301. The quantitative estimate of drug-likeness (QED) is 0.561. The van der Waals surface area contributed by atoms with Gasteiger partial charge in [-0.25, -0.2) is 4.68 Å². The summed E-state index contributed by atoms with van der Waals surface area (Å²) in [5.74, 6) is 0.961. The summed E-state index contributed by atoms with van der Waals surface area (Å²) >= 11 is 0. The molecule has 0 aromatic carbocycles. The van der Waals surface area contributed by atoms with E-state index in [4.69, 9.17) is 4.74 Å². The molecule has 2 rings (SSSR count). The number of hydrogen-bond donors (Lipinski definition) is 0. The van der Waals surface area contributed by atoms with E-state index < -0.39 is 0 Å². The minimum Gasteiger partial charge on any atom is -0.478 e. The first-order valence-corrected chi connectivity index (χ1v) is 4.03. The van der Waals surface area contributed by atoms with Gasteiger partial charge in [0.2, 0.25) is 5.88 Å². The average Bonchev–Trinajstić information content (AvgIpc) is 2.25. The molecule has 1 aromatic rings. The van der Waals surface area contributed by atoms with E-state index in [1.165, 1.54) is 6.42 Å². The molecule has 1 aliphatic heterocycles. The van der Waals surface area contributed by atoms with Crippen molar-refractivity contribution in [2.45, 2.75) is 26.3 Å². The predicted octanol–water partition coefficient (Wildman–Crippen LogP) is 1.36. The van der Waals surface area contributed by atoms with Crippen LogP contribution in [-0.4, -0.2) is 16.4 Å². The number of fused-ring (bicyclic) bond motifs is 1. The SMILES string of the molecule is Cc1cnn2c1OCCCC2. The van der Waals surface area contributed by atoms with Crippen LogP contribution in [0.1, 0.15) is 18.4 Å². The molecule has 1 aromatic heterocycles. The van der Waals surface area contributed by atoms with Crippen LogP contribution in [0.4, 0.5) is 0 Å². The number of hydrogen-bond acceptors (Lipinski definition) is 2. The van der Waals surface area contributed by atoms with Crippen molar-refractivity contribution in [3.63, 3.8) is 0 Å². The van der Waals surface area contributed by atoms with Crippen LogP contribution in [0.5, 0.6) is 5.88 Å². The molecule has 2 heterocycles. The van der Waals surface area contributed by atoms with E-state index in [0.29, 0.717) is 0 Å². The lowest BCUT2D eigenvalue weighted by atomic mass is 10.3. The van der Waals surface area contributed by atoms with Gasteiger partial charge in [0.15, 0.2) is 0 Å². The van der Waals surface area contributed by atoms with Crippen LogP contribution in [0.25, 0.3) is 0 Å². The molecular formula is C8H12N2O. The molecule has 0 radical (unpaired) electrons. The molecule has 0 saturated carbocycles. The molecule has 0 spiro atoms. The summed E-state index contributed by atoms with van der Waals surface area (Å²) in [5, 5.41) is 4.21. The first-order valence-electron chi connectivity index (χ1n) is 4.03. The van der Waals surface area contributed by atoms with Crippen molar-refractivity contribution in [3.8, 4) is 5.88 Å². The second-order valence-corrected chi connectivity index (χ2v) is 2.91.